The minimum Gasteiger partial charge on any atom is -0.325 e. The summed E-state index contributed by atoms with van der Waals surface area (Å²) in [4.78, 5) is 10.8. The highest BCUT2D eigenvalue weighted by atomic mass is 19.1. The maximum absolute atomic E-state index is 15.1. The molecule has 3 aromatic heterocycles. The van der Waals surface area contributed by atoms with Gasteiger partial charge in [-0.05, 0) is 51.3 Å². The molecule has 0 bridgehead atoms. The average molecular weight is 425 g/mol. The Labute approximate surface area is 184 Å². The molecule has 1 aliphatic heterocycles. The van der Waals surface area contributed by atoms with Gasteiger partial charge in [0.2, 0.25) is 0 Å². The fourth-order valence-corrected chi connectivity index (χ4v) is 4.08. The van der Waals surface area contributed by atoms with Crippen molar-refractivity contribution in [2.75, 3.05) is 11.4 Å². The van der Waals surface area contributed by atoms with Crippen molar-refractivity contribution < 1.29 is 4.39 Å². The van der Waals surface area contributed by atoms with E-state index in [9.17, 15) is 5.26 Å². The van der Waals surface area contributed by atoms with Gasteiger partial charge in [0.15, 0.2) is 5.82 Å². The van der Waals surface area contributed by atoms with E-state index < -0.39 is 11.2 Å². The molecule has 32 heavy (non-hydrogen) atoms. The number of nitriles is 1. The van der Waals surface area contributed by atoms with Crippen LogP contribution in [0.25, 0.3) is 16.7 Å². The van der Waals surface area contributed by atoms with E-state index in [4.69, 9.17) is 4.98 Å². The molecule has 1 aliphatic rings. The Morgan fingerprint density at radius 1 is 1.19 bits per heavy atom. The van der Waals surface area contributed by atoms with E-state index in [0.717, 1.165) is 29.7 Å². The highest BCUT2D eigenvalue weighted by Gasteiger charge is 2.26. The third-order valence-electron chi connectivity index (χ3n) is 5.65. The summed E-state index contributed by atoms with van der Waals surface area (Å²) in [7, 11) is 0. The molecule has 0 aliphatic carbocycles. The van der Waals surface area contributed by atoms with Crippen LogP contribution in [0.5, 0.6) is 0 Å². The first-order chi connectivity index (χ1) is 15.4. The van der Waals surface area contributed by atoms with Crippen LogP contribution in [0, 0.1) is 41.3 Å². The molecule has 7 nitrogen and oxygen atoms in total. The zero-order chi connectivity index (χ0) is 22.5. The second-order valence-corrected chi connectivity index (χ2v) is 8.38. The standard InChI is InChI=1S/C24H20FN7/c1-15-29-30-23-28-22(21-18(25)12-27-13-20(21)32(15)23)31-11-5-7-17-16(6-4-8-19(17)31)9-10-24(2,3)14-26/h4,6,8,12-13H,5,7,11H2,1-3H3. The van der Waals surface area contributed by atoms with Crippen molar-refractivity contribution in [3.05, 3.63) is 53.4 Å². The highest BCUT2D eigenvalue weighted by molar-refractivity contribution is 5.94. The molecule has 4 heterocycles. The van der Waals surface area contributed by atoms with E-state index in [-0.39, 0.29) is 0 Å². The Morgan fingerprint density at radius 3 is 2.84 bits per heavy atom. The number of aromatic nitrogens is 5. The molecule has 8 heteroatoms. The van der Waals surface area contributed by atoms with Crippen molar-refractivity contribution in [2.24, 2.45) is 5.41 Å². The van der Waals surface area contributed by atoms with Crippen LogP contribution >= 0.6 is 0 Å². The lowest BCUT2D eigenvalue weighted by Crippen LogP contribution is -2.26. The number of anilines is 2. The number of rotatable bonds is 1. The third-order valence-corrected chi connectivity index (χ3v) is 5.65. The Hall–Kier alpha value is -4.04. The van der Waals surface area contributed by atoms with Crippen molar-refractivity contribution in [2.45, 2.75) is 33.6 Å². The van der Waals surface area contributed by atoms with Crippen LogP contribution in [0.15, 0.2) is 30.6 Å². The summed E-state index contributed by atoms with van der Waals surface area (Å²) < 4.78 is 16.8. The summed E-state index contributed by atoms with van der Waals surface area (Å²) >= 11 is 0. The van der Waals surface area contributed by atoms with Crippen LogP contribution in [0.4, 0.5) is 15.9 Å². The molecule has 0 fully saturated rings. The minimum absolute atomic E-state index is 0.380. The lowest BCUT2D eigenvalue weighted by atomic mass is 9.93. The first-order valence-corrected chi connectivity index (χ1v) is 10.4. The third kappa shape index (κ3) is 3.12. The van der Waals surface area contributed by atoms with Gasteiger partial charge >= 0.3 is 0 Å². The number of hydrogen-bond acceptors (Lipinski definition) is 6. The monoisotopic (exact) mass is 425 g/mol. The first-order valence-electron chi connectivity index (χ1n) is 10.4. The fraction of sp³-hybridized carbons (Fsp3) is 0.292. The summed E-state index contributed by atoms with van der Waals surface area (Å²) in [6.45, 7) is 6.07. The fourth-order valence-electron chi connectivity index (χ4n) is 4.08. The van der Waals surface area contributed by atoms with Gasteiger partial charge < -0.3 is 4.90 Å². The number of nitrogens with zero attached hydrogens (tertiary/aromatic N) is 7. The Morgan fingerprint density at radius 2 is 2.03 bits per heavy atom. The van der Waals surface area contributed by atoms with E-state index in [0.29, 0.717) is 34.9 Å². The summed E-state index contributed by atoms with van der Waals surface area (Å²) in [5, 5.41) is 18.0. The zero-order valence-electron chi connectivity index (χ0n) is 18.0. The molecule has 5 rings (SSSR count). The van der Waals surface area contributed by atoms with Gasteiger partial charge in [0.05, 0.1) is 29.4 Å². The predicted octanol–water partition coefficient (Wildman–Crippen LogP) is 4.11. The summed E-state index contributed by atoms with van der Waals surface area (Å²) in [6.07, 6.45) is 4.53. The van der Waals surface area contributed by atoms with Crippen molar-refractivity contribution >= 4 is 28.2 Å². The lowest BCUT2D eigenvalue weighted by Gasteiger charge is -2.32. The predicted molar refractivity (Wildman–Crippen MR) is 119 cm³/mol. The van der Waals surface area contributed by atoms with Crippen LogP contribution in [0.2, 0.25) is 0 Å². The van der Waals surface area contributed by atoms with Crippen molar-refractivity contribution in [3.63, 3.8) is 0 Å². The largest absolute Gasteiger partial charge is 0.325 e. The number of benzene rings is 1. The summed E-state index contributed by atoms with van der Waals surface area (Å²) in [6, 6.07) is 8.11. The van der Waals surface area contributed by atoms with E-state index in [1.165, 1.54) is 6.20 Å². The molecule has 1 aromatic carbocycles. The van der Waals surface area contributed by atoms with Crippen molar-refractivity contribution in [1.82, 2.24) is 24.6 Å². The SMILES string of the molecule is Cc1nnc2nc(N3CCCc4c(C#CC(C)(C)C#N)cccc43)c3c(F)cncc3n12. The van der Waals surface area contributed by atoms with Gasteiger partial charge in [-0.15, -0.1) is 10.2 Å². The number of fused-ring (bicyclic) bond motifs is 4. The highest BCUT2D eigenvalue weighted by Crippen LogP contribution is 2.38. The smallest absolute Gasteiger partial charge is 0.257 e. The van der Waals surface area contributed by atoms with Crippen LogP contribution in [-0.2, 0) is 6.42 Å². The maximum atomic E-state index is 15.1. The molecular formula is C24H20FN7. The second kappa shape index (κ2) is 7.28. The topological polar surface area (TPSA) is 83.0 Å². The van der Waals surface area contributed by atoms with Gasteiger partial charge in [-0.3, -0.25) is 9.38 Å². The van der Waals surface area contributed by atoms with Gasteiger partial charge in [-0.1, -0.05) is 17.9 Å². The van der Waals surface area contributed by atoms with Gasteiger partial charge in [0.1, 0.15) is 17.1 Å². The van der Waals surface area contributed by atoms with E-state index >= 15 is 4.39 Å². The molecule has 0 saturated carbocycles. The van der Waals surface area contributed by atoms with Crippen LogP contribution in [0.3, 0.4) is 0 Å². The van der Waals surface area contributed by atoms with Gasteiger partial charge in [0, 0.05) is 17.8 Å². The van der Waals surface area contributed by atoms with Gasteiger partial charge in [-0.2, -0.15) is 10.2 Å². The number of aryl methyl sites for hydroxylation is 1. The summed E-state index contributed by atoms with van der Waals surface area (Å²) in [5.41, 5.74) is 2.72. The molecule has 0 amide bonds. The number of halogens is 1. The van der Waals surface area contributed by atoms with Gasteiger partial charge in [-0.25, -0.2) is 4.39 Å². The lowest BCUT2D eigenvalue weighted by molar-refractivity contribution is 0.632. The van der Waals surface area contributed by atoms with E-state index in [1.807, 2.05) is 23.1 Å². The van der Waals surface area contributed by atoms with E-state index in [1.54, 1.807) is 31.4 Å². The molecular weight excluding hydrogens is 405 g/mol. The normalized spacial score (nSPS) is 13.5. The summed E-state index contributed by atoms with van der Waals surface area (Å²) in [5.74, 6) is 7.31. The van der Waals surface area contributed by atoms with Crippen molar-refractivity contribution in [3.8, 4) is 17.9 Å². The molecule has 4 aromatic rings. The van der Waals surface area contributed by atoms with Crippen LogP contribution in [0.1, 0.15) is 37.2 Å². The van der Waals surface area contributed by atoms with Crippen molar-refractivity contribution in [1.29, 1.82) is 5.26 Å². The Balaban J connectivity index is 1.74. The second-order valence-electron chi connectivity index (χ2n) is 8.38. The van der Waals surface area contributed by atoms with Gasteiger partial charge in [0.25, 0.3) is 5.78 Å². The molecule has 0 atom stereocenters. The number of pyridine rings is 1. The molecule has 0 spiro atoms. The molecule has 0 radical (unpaired) electrons. The van der Waals surface area contributed by atoms with E-state index in [2.05, 4.69) is 33.1 Å². The zero-order valence-corrected chi connectivity index (χ0v) is 18.0. The van der Waals surface area contributed by atoms with Crippen LogP contribution < -0.4 is 4.90 Å². The number of hydrogen-bond donors (Lipinski definition) is 0. The maximum Gasteiger partial charge on any atom is 0.257 e. The molecule has 158 valence electrons. The molecule has 0 unspecified atom stereocenters. The van der Waals surface area contributed by atoms with Crippen LogP contribution in [-0.4, -0.2) is 31.1 Å². The Kier molecular flexibility index (Phi) is 4.53. The quantitative estimate of drug-likeness (QED) is 0.427. The first kappa shape index (κ1) is 19.9. The Bertz CT molecular complexity index is 1480. The minimum atomic E-state index is -0.735. The molecule has 0 N–H and O–H groups in total. The average Bonchev–Trinajstić information content (AvgIpc) is 3.18. The molecule has 0 saturated heterocycles.